The van der Waals surface area contributed by atoms with Crippen LogP contribution in [0.2, 0.25) is 0 Å². The molecule has 0 fully saturated rings. The van der Waals surface area contributed by atoms with E-state index in [1.54, 1.807) is 12.4 Å². The fraction of sp³-hybridized carbons (Fsp3) is 0.333. The van der Waals surface area contributed by atoms with Crippen LogP contribution >= 0.6 is 22.6 Å². The number of nitrogens with zero attached hydrogens (tertiary/aromatic N) is 2. The van der Waals surface area contributed by atoms with Gasteiger partial charge >= 0.3 is 6.01 Å². The molecule has 0 aliphatic rings. The molecule has 4 nitrogen and oxygen atoms in total. The van der Waals surface area contributed by atoms with Crippen molar-refractivity contribution in [3.05, 3.63) is 16.0 Å². The van der Waals surface area contributed by atoms with Gasteiger partial charge in [0.25, 0.3) is 0 Å². The molecule has 11 heavy (non-hydrogen) atoms. The third-order valence-electron chi connectivity index (χ3n) is 0.946. The summed E-state index contributed by atoms with van der Waals surface area (Å²) in [6.07, 6.45) is 3.39. The van der Waals surface area contributed by atoms with Gasteiger partial charge in [-0.15, -0.1) is 0 Å². The van der Waals surface area contributed by atoms with Gasteiger partial charge < -0.3 is 10.5 Å². The molecule has 1 heterocycles. The molecule has 1 aromatic rings. The lowest BCUT2D eigenvalue weighted by molar-refractivity contribution is 0.302. The van der Waals surface area contributed by atoms with Crippen LogP contribution in [0.15, 0.2) is 12.4 Å². The number of aromatic nitrogens is 2. The Morgan fingerprint density at radius 1 is 1.45 bits per heavy atom. The second-order valence-electron chi connectivity index (χ2n) is 1.82. The summed E-state index contributed by atoms with van der Waals surface area (Å²) in [5, 5.41) is 0. The fourth-order valence-electron chi connectivity index (χ4n) is 0.525. The molecule has 0 spiro atoms. The SMILES string of the molecule is NCCOc1ncc(I)cn1. The minimum absolute atomic E-state index is 0.385. The van der Waals surface area contributed by atoms with Gasteiger partial charge in [-0.2, -0.15) is 0 Å². The van der Waals surface area contributed by atoms with Crippen molar-refractivity contribution in [1.82, 2.24) is 9.97 Å². The highest BCUT2D eigenvalue weighted by Crippen LogP contribution is 2.03. The van der Waals surface area contributed by atoms with Gasteiger partial charge in [0, 0.05) is 22.5 Å². The zero-order valence-electron chi connectivity index (χ0n) is 5.83. The Morgan fingerprint density at radius 3 is 2.64 bits per heavy atom. The van der Waals surface area contributed by atoms with Gasteiger partial charge in [0.2, 0.25) is 0 Å². The summed E-state index contributed by atoms with van der Waals surface area (Å²) in [5.41, 5.74) is 5.22. The van der Waals surface area contributed by atoms with E-state index < -0.39 is 0 Å². The quantitative estimate of drug-likeness (QED) is 0.804. The van der Waals surface area contributed by atoms with Crippen molar-refractivity contribution in [3.63, 3.8) is 0 Å². The Labute approximate surface area is 78.3 Å². The van der Waals surface area contributed by atoms with Crippen molar-refractivity contribution in [2.75, 3.05) is 13.2 Å². The lowest BCUT2D eigenvalue weighted by Gasteiger charge is -1.99. The maximum atomic E-state index is 5.22. The lowest BCUT2D eigenvalue weighted by Crippen LogP contribution is -2.11. The van der Waals surface area contributed by atoms with E-state index in [0.29, 0.717) is 19.2 Å². The van der Waals surface area contributed by atoms with Gasteiger partial charge in [-0.1, -0.05) is 0 Å². The summed E-state index contributed by atoms with van der Waals surface area (Å²) in [6.45, 7) is 0.940. The first kappa shape index (κ1) is 8.66. The Balaban J connectivity index is 2.52. The number of hydrogen-bond donors (Lipinski definition) is 1. The zero-order valence-corrected chi connectivity index (χ0v) is 7.98. The number of nitrogens with two attached hydrogens (primary N) is 1. The highest BCUT2D eigenvalue weighted by atomic mass is 127. The van der Waals surface area contributed by atoms with Gasteiger partial charge in [-0.25, -0.2) is 9.97 Å². The Bertz CT molecular complexity index is 214. The number of ether oxygens (including phenoxy) is 1. The third-order valence-corrected chi connectivity index (χ3v) is 1.50. The number of hydrogen-bond acceptors (Lipinski definition) is 4. The molecular formula is C6H8IN3O. The average molecular weight is 265 g/mol. The molecule has 1 aromatic heterocycles. The van der Waals surface area contributed by atoms with E-state index in [2.05, 4.69) is 32.6 Å². The first-order chi connectivity index (χ1) is 5.33. The number of rotatable bonds is 3. The summed E-state index contributed by atoms with van der Waals surface area (Å²) in [4.78, 5) is 7.84. The molecule has 0 unspecified atom stereocenters. The molecule has 0 amide bonds. The van der Waals surface area contributed by atoms with Gasteiger partial charge in [0.05, 0.1) is 0 Å². The second-order valence-corrected chi connectivity index (χ2v) is 3.07. The predicted octanol–water partition coefficient (Wildman–Crippen LogP) is 0.419. The van der Waals surface area contributed by atoms with Crippen LogP contribution in [0.25, 0.3) is 0 Å². The maximum absolute atomic E-state index is 5.22. The van der Waals surface area contributed by atoms with Crippen molar-refractivity contribution in [2.45, 2.75) is 0 Å². The van der Waals surface area contributed by atoms with Crippen molar-refractivity contribution in [2.24, 2.45) is 5.73 Å². The normalized spacial score (nSPS) is 9.64. The summed E-state index contributed by atoms with van der Waals surface area (Å²) in [5.74, 6) is 0. The summed E-state index contributed by atoms with van der Waals surface area (Å²) < 4.78 is 6.05. The predicted molar refractivity (Wildman–Crippen MR) is 49.3 cm³/mol. The highest BCUT2D eigenvalue weighted by Gasteiger charge is 1.94. The van der Waals surface area contributed by atoms with Crippen LogP contribution in [0.3, 0.4) is 0 Å². The maximum Gasteiger partial charge on any atom is 0.316 e. The molecule has 2 N–H and O–H groups in total. The molecule has 0 aliphatic heterocycles. The average Bonchev–Trinajstić information content (AvgIpc) is 2.04. The monoisotopic (exact) mass is 265 g/mol. The van der Waals surface area contributed by atoms with E-state index in [4.69, 9.17) is 10.5 Å². The zero-order chi connectivity index (χ0) is 8.10. The minimum Gasteiger partial charge on any atom is -0.462 e. The minimum atomic E-state index is 0.385. The van der Waals surface area contributed by atoms with Crippen molar-refractivity contribution in [1.29, 1.82) is 0 Å². The van der Waals surface area contributed by atoms with Crippen LogP contribution < -0.4 is 10.5 Å². The molecule has 1 rings (SSSR count). The second kappa shape index (κ2) is 4.45. The Kier molecular flexibility index (Phi) is 3.50. The standard InChI is InChI=1S/C6H8IN3O/c7-5-3-9-6(10-4-5)11-2-1-8/h3-4H,1-2,8H2. The van der Waals surface area contributed by atoms with Crippen molar-refractivity contribution < 1.29 is 4.74 Å². The van der Waals surface area contributed by atoms with Gasteiger partial charge in [0.15, 0.2) is 0 Å². The molecule has 5 heteroatoms. The van der Waals surface area contributed by atoms with E-state index >= 15 is 0 Å². The number of halogens is 1. The molecule has 0 saturated carbocycles. The first-order valence-electron chi connectivity index (χ1n) is 3.13. The lowest BCUT2D eigenvalue weighted by atomic mass is 10.7. The summed E-state index contributed by atoms with van der Waals surface area (Å²) in [7, 11) is 0. The van der Waals surface area contributed by atoms with Crippen LogP contribution in [0, 0.1) is 3.57 Å². The summed E-state index contributed by atoms with van der Waals surface area (Å²) in [6, 6.07) is 0.385. The first-order valence-corrected chi connectivity index (χ1v) is 4.21. The molecule has 0 radical (unpaired) electrons. The van der Waals surface area contributed by atoms with Gasteiger partial charge in [0.1, 0.15) is 6.61 Å². The van der Waals surface area contributed by atoms with Gasteiger partial charge in [-0.05, 0) is 22.6 Å². The molecule has 0 saturated heterocycles. The van der Waals surface area contributed by atoms with E-state index in [1.807, 2.05) is 0 Å². The fourth-order valence-corrected chi connectivity index (χ4v) is 0.804. The van der Waals surface area contributed by atoms with Crippen LogP contribution in [-0.2, 0) is 0 Å². The molecular weight excluding hydrogens is 257 g/mol. The molecule has 60 valence electrons. The Hall–Kier alpha value is -0.430. The van der Waals surface area contributed by atoms with Crippen molar-refractivity contribution >= 4 is 22.6 Å². The highest BCUT2D eigenvalue weighted by molar-refractivity contribution is 14.1. The molecule has 0 aromatic carbocycles. The van der Waals surface area contributed by atoms with Crippen LogP contribution in [0.5, 0.6) is 6.01 Å². The summed E-state index contributed by atoms with van der Waals surface area (Å²) >= 11 is 2.13. The van der Waals surface area contributed by atoms with Crippen LogP contribution in [-0.4, -0.2) is 23.1 Å². The van der Waals surface area contributed by atoms with Crippen LogP contribution in [0.4, 0.5) is 0 Å². The van der Waals surface area contributed by atoms with E-state index in [1.165, 1.54) is 0 Å². The topological polar surface area (TPSA) is 61.0 Å². The Morgan fingerprint density at radius 2 is 2.09 bits per heavy atom. The van der Waals surface area contributed by atoms with E-state index in [0.717, 1.165) is 3.57 Å². The molecule has 0 bridgehead atoms. The third kappa shape index (κ3) is 2.98. The molecule has 0 atom stereocenters. The van der Waals surface area contributed by atoms with Crippen LogP contribution in [0.1, 0.15) is 0 Å². The smallest absolute Gasteiger partial charge is 0.316 e. The van der Waals surface area contributed by atoms with Crippen molar-refractivity contribution in [3.8, 4) is 6.01 Å². The van der Waals surface area contributed by atoms with E-state index in [9.17, 15) is 0 Å². The largest absolute Gasteiger partial charge is 0.462 e. The van der Waals surface area contributed by atoms with Gasteiger partial charge in [-0.3, -0.25) is 0 Å². The molecule has 0 aliphatic carbocycles. The van der Waals surface area contributed by atoms with E-state index in [-0.39, 0.29) is 0 Å².